The molecule has 2 bridgehead atoms. The Morgan fingerprint density at radius 1 is 0.800 bits per heavy atom. The van der Waals surface area contributed by atoms with Gasteiger partial charge in [0.2, 0.25) is 10.0 Å². The minimum atomic E-state index is -3.55. The lowest BCUT2D eigenvalue weighted by Crippen LogP contribution is -2.41. The van der Waals surface area contributed by atoms with Gasteiger partial charge in [-0.25, -0.2) is 17.5 Å². The fourth-order valence-electron chi connectivity index (χ4n) is 5.11. The first-order valence-corrected chi connectivity index (χ1v) is 11.9. The predicted molar refractivity (Wildman–Crippen MR) is 116 cm³/mol. The predicted octanol–water partition coefficient (Wildman–Crippen LogP) is 4.96. The Labute approximate surface area is 177 Å². The molecule has 0 saturated heterocycles. The van der Waals surface area contributed by atoms with Crippen molar-refractivity contribution in [3.8, 4) is 11.1 Å². The highest BCUT2D eigenvalue weighted by molar-refractivity contribution is 7.89. The third-order valence-electron chi connectivity index (χ3n) is 6.62. The van der Waals surface area contributed by atoms with E-state index in [4.69, 9.17) is 0 Å². The summed E-state index contributed by atoms with van der Waals surface area (Å²) in [5, 5.41) is 0. The van der Waals surface area contributed by atoms with Crippen LogP contribution in [0.1, 0.15) is 24.0 Å². The summed E-state index contributed by atoms with van der Waals surface area (Å²) in [6, 6.07) is 21.5. The Kier molecular flexibility index (Phi) is 4.95. The number of rotatable bonds is 4. The summed E-state index contributed by atoms with van der Waals surface area (Å²) in [5.74, 6) is 0.320. The average molecular weight is 422 g/mol. The van der Waals surface area contributed by atoms with E-state index in [9.17, 15) is 12.8 Å². The van der Waals surface area contributed by atoms with Gasteiger partial charge in [0, 0.05) is 11.6 Å². The van der Waals surface area contributed by atoms with E-state index in [1.54, 1.807) is 36.4 Å². The molecule has 3 unspecified atom stereocenters. The van der Waals surface area contributed by atoms with Crippen LogP contribution in [0.3, 0.4) is 0 Å². The van der Waals surface area contributed by atoms with Gasteiger partial charge in [0.15, 0.2) is 0 Å². The van der Waals surface area contributed by atoms with Crippen molar-refractivity contribution in [3.05, 3.63) is 89.7 Å². The van der Waals surface area contributed by atoms with Crippen molar-refractivity contribution in [1.29, 1.82) is 0 Å². The smallest absolute Gasteiger partial charge is 0.207 e. The zero-order chi connectivity index (χ0) is 20.7. The molecule has 5 rings (SSSR count). The third-order valence-corrected chi connectivity index (χ3v) is 8.10. The van der Waals surface area contributed by atoms with Crippen molar-refractivity contribution in [1.82, 2.24) is 4.72 Å². The Hall–Kier alpha value is -2.50. The summed E-state index contributed by atoms with van der Waals surface area (Å²) >= 11 is 0. The lowest BCUT2D eigenvalue weighted by atomic mass is 9.90. The molecule has 5 heteroatoms. The highest BCUT2D eigenvalue weighted by Crippen LogP contribution is 2.41. The second kappa shape index (κ2) is 7.64. The molecular formula is C25H24FNO2S. The molecule has 2 aliphatic carbocycles. The van der Waals surface area contributed by atoms with Crippen LogP contribution in [0.2, 0.25) is 0 Å². The molecule has 0 spiro atoms. The maximum Gasteiger partial charge on any atom is 0.240 e. The summed E-state index contributed by atoms with van der Waals surface area (Å²) in [7, 11) is -3.55. The Morgan fingerprint density at radius 2 is 1.47 bits per heavy atom. The van der Waals surface area contributed by atoms with Crippen LogP contribution in [0.15, 0.2) is 77.7 Å². The minimum Gasteiger partial charge on any atom is -0.207 e. The number of halogens is 1. The first kappa shape index (κ1) is 19.5. The van der Waals surface area contributed by atoms with E-state index in [2.05, 4.69) is 16.9 Å². The number of hydrogen-bond donors (Lipinski definition) is 1. The number of fused-ring (bicyclic) bond motifs is 3. The molecule has 3 aromatic rings. The quantitative estimate of drug-likeness (QED) is 0.647. The zero-order valence-corrected chi connectivity index (χ0v) is 17.4. The van der Waals surface area contributed by atoms with Gasteiger partial charge in [-0.15, -0.1) is 0 Å². The van der Waals surface area contributed by atoms with E-state index in [1.807, 2.05) is 18.2 Å². The van der Waals surface area contributed by atoms with Crippen molar-refractivity contribution in [2.45, 2.75) is 36.6 Å². The molecule has 2 aliphatic rings. The summed E-state index contributed by atoms with van der Waals surface area (Å²) in [5.41, 5.74) is 3.96. The third kappa shape index (κ3) is 3.57. The van der Waals surface area contributed by atoms with Gasteiger partial charge in [0.05, 0.1) is 4.90 Å². The van der Waals surface area contributed by atoms with Gasteiger partial charge in [-0.2, -0.15) is 0 Å². The first-order valence-electron chi connectivity index (χ1n) is 10.5. The molecule has 1 N–H and O–H groups in total. The number of nitrogens with one attached hydrogen (secondary N) is 1. The van der Waals surface area contributed by atoms with Crippen LogP contribution in [-0.4, -0.2) is 14.5 Å². The SMILES string of the molecule is O=S(=O)(NC1C2CCC1Cc1cc(-c3ccccc3F)ccc1C2)c1ccccc1. The van der Waals surface area contributed by atoms with Crippen LogP contribution in [0.25, 0.3) is 11.1 Å². The molecule has 3 nitrogen and oxygen atoms in total. The van der Waals surface area contributed by atoms with Gasteiger partial charge < -0.3 is 0 Å². The Morgan fingerprint density at radius 3 is 2.20 bits per heavy atom. The molecule has 0 aromatic heterocycles. The molecule has 0 aliphatic heterocycles. The second-order valence-corrected chi connectivity index (χ2v) is 10.1. The molecule has 1 fully saturated rings. The molecular weight excluding hydrogens is 397 g/mol. The van der Waals surface area contributed by atoms with Crippen LogP contribution in [0, 0.1) is 17.7 Å². The maximum atomic E-state index is 14.3. The molecule has 0 heterocycles. The first-order chi connectivity index (χ1) is 14.5. The second-order valence-electron chi connectivity index (χ2n) is 8.43. The van der Waals surface area contributed by atoms with Crippen molar-refractivity contribution in [3.63, 3.8) is 0 Å². The van der Waals surface area contributed by atoms with Crippen LogP contribution < -0.4 is 4.72 Å². The average Bonchev–Trinajstić information content (AvgIpc) is 3.02. The van der Waals surface area contributed by atoms with Crippen LogP contribution in [0.5, 0.6) is 0 Å². The number of benzene rings is 3. The van der Waals surface area contributed by atoms with E-state index in [0.717, 1.165) is 31.2 Å². The fourth-order valence-corrected chi connectivity index (χ4v) is 6.51. The molecule has 0 amide bonds. The van der Waals surface area contributed by atoms with E-state index in [1.165, 1.54) is 17.2 Å². The highest BCUT2D eigenvalue weighted by Gasteiger charge is 2.41. The summed E-state index contributed by atoms with van der Waals surface area (Å²) < 4.78 is 43.1. The van der Waals surface area contributed by atoms with Crippen LogP contribution >= 0.6 is 0 Å². The van der Waals surface area contributed by atoms with E-state index in [-0.39, 0.29) is 23.7 Å². The summed E-state index contributed by atoms with van der Waals surface area (Å²) in [6.45, 7) is 0. The van der Waals surface area contributed by atoms with Crippen molar-refractivity contribution < 1.29 is 12.8 Å². The topological polar surface area (TPSA) is 46.2 Å². The Bertz CT molecular complexity index is 1180. The summed E-state index contributed by atoms with van der Waals surface area (Å²) in [4.78, 5) is 0.313. The van der Waals surface area contributed by atoms with Gasteiger partial charge in [-0.1, -0.05) is 54.6 Å². The molecule has 0 radical (unpaired) electrons. The molecule has 154 valence electrons. The van der Waals surface area contributed by atoms with Crippen molar-refractivity contribution >= 4 is 10.0 Å². The minimum absolute atomic E-state index is 0.0699. The van der Waals surface area contributed by atoms with Crippen LogP contribution in [-0.2, 0) is 22.9 Å². The number of sulfonamides is 1. The van der Waals surface area contributed by atoms with Crippen molar-refractivity contribution in [2.75, 3.05) is 0 Å². The Balaban J connectivity index is 1.44. The van der Waals surface area contributed by atoms with E-state index in [0.29, 0.717) is 10.5 Å². The van der Waals surface area contributed by atoms with Gasteiger partial charge >= 0.3 is 0 Å². The largest absolute Gasteiger partial charge is 0.240 e. The zero-order valence-electron chi connectivity index (χ0n) is 16.6. The van der Waals surface area contributed by atoms with Gasteiger partial charge in [-0.05, 0) is 72.4 Å². The normalized spacial score (nSPS) is 23.0. The van der Waals surface area contributed by atoms with Gasteiger partial charge in [0.1, 0.15) is 5.82 Å². The van der Waals surface area contributed by atoms with Gasteiger partial charge in [-0.3, -0.25) is 0 Å². The molecule has 30 heavy (non-hydrogen) atoms. The summed E-state index contributed by atoms with van der Waals surface area (Å²) in [6.07, 6.45) is 3.71. The van der Waals surface area contributed by atoms with Crippen LogP contribution in [0.4, 0.5) is 4.39 Å². The molecule has 3 aromatic carbocycles. The van der Waals surface area contributed by atoms with E-state index >= 15 is 0 Å². The van der Waals surface area contributed by atoms with Crippen molar-refractivity contribution in [2.24, 2.45) is 11.8 Å². The maximum absolute atomic E-state index is 14.3. The fraction of sp³-hybridized carbons (Fsp3) is 0.280. The lowest BCUT2D eigenvalue weighted by Gasteiger charge is -2.23. The highest BCUT2D eigenvalue weighted by atomic mass is 32.2. The molecule has 3 atom stereocenters. The number of hydrogen-bond acceptors (Lipinski definition) is 2. The van der Waals surface area contributed by atoms with E-state index < -0.39 is 10.0 Å². The van der Waals surface area contributed by atoms with Gasteiger partial charge in [0.25, 0.3) is 0 Å². The standard InChI is InChI=1S/C25H24FNO2S/c26-24-9-5-4-8-23(24)18-11-10-17-14-19-12-13-20(16-21(17)15-18)25(19)27-30(28,29)22-6-2-1-3-7-22/h1-11,15,19-20,25,27H,12-14,16H2. The monoisotopic (exact) mass is 421 g/mol. The lowest BCUT2D eigenvalue weighted by molar-refractivity contribution is 0.386. The molecule has 1 saturated carbocycles.